The first-order valence-corrected chi connectivity index (χ1v) is 6.10. The molecule has 1 amide bonds. The maximum atomic E-state index is 11.1. The minimum absolute atomic E-state index is 0.0787. The molecule has 3 heteroatoms. The van der Waals surface area contributed by atoms with Gasteiger partial charge in [-0.2, -0.15) is 0 Å². The second-order valence-electron chi connectivity index (χ2n) is 3.66. The summed E-state index contributed by atoms with van der Waals surface area (Å²) in [5.74, 6) is 1.13. The van der Waals surface area contributed by atoms with Gasteiger partial charge in [-0.3, -0.25) is 4.79 Å². The predicted molar refractivity (Wildman–Crippen MR) is 61.7 cm³/mol. The van der Waals surface area contributed by atoms with Gasteiger partial charge >= 0.3 is 0 Å². The van der Waals surface area contributed by atoms with E-state index in [-0.39, 0.29) is 5.91 Å². The second-order valence-corrected chi connectivity index (χ2v) is 4.04. The number of hydrogen-bond acceptors (Lipinski definition) is 1. The average molecular weight is 220 g/mol. The summed E-state index contributed by atoms with van der Waals surface area (Å²) in [4.78, 5) is 11.1. The number of unbranched alkanes of at least 4 members (excludes halogenated alkanes) is 1. The van der Waals surface area contributed by atoms with Crippen LogP contribution < -0.4 is 5.32 Å². The van der Waals surface area contributed by atoms with Gasteiger partial charge in [0.2, 0.25) is 5.91 Å². The number of carbonyl (C=O) groups excluding carboxylic acids is 1. The fourth-order valence-electron chi connectivity index (χ4n) is 1.38. The van der Waals surface area contributed by atoms with Crippen molar-refractivity contribution in [3.05, 3.63) is 0 Å². The van der Waals surface area contributed by atoms with Crippen molar-refractivity contribution in [2.75, 3.05) is 12.4 Å². The average Bonchev–Trinajstić information content (AvgIpc) is 2.19. The molecule has 0 spiro atoms. The molecule has 0 aliphatic carbocycles. The van der Waals surface area contributed by atoms with E-state index < -0.39 is 0 Å². The first-order chi connectivity index (χ1) is 6.74. The van der Waals surface area contributed by atoms with Gasteiger partial charge in [0.1, 0.15) is 0 Å². The third-order valence-corrected chi connectivity index (χ3v) is 2.64. The molecule has 0 aromatic carbocycles. The predicted octanol–water partition coefficient (Wildman–Crippen LogP) is 2.95. The lowest BCUT2D eigenvalue weighted by atomic mass is 9.99. The lowest BCUT2D eigenvalue weighted by Gasteiger charge is -2.14. The van der Waals surface area contributed by atoms with E-state index in [1.54, 1.807) is 0 Å². The van der Waals surface area contributed by atoms with Crippen molar-refractivity contribution in [2.45, 2.75) is 46.0 Å². The van der Waals surface area contributed by atoms with E-state index in [4.69, 9.17) is 11.6 Å². The summed E-state index contributed by atoms with van der Waals surface area (Å²) in [5.41, 5.74) is 0. The number of amides is 1. The van der Waals surface area contributed by atoms with Crippen LogP contribution >= 0.6 is 11.6 Å². The van der Waals surface area contributed by atoms with Crippen molar-refractivity contribution in [1.82, 2.24) is 5.32 Å². The lowest BCUT2D eigenvalue weighted by molar-refractivity contribution is -0.120. The van der Waals surface area contributed by atoms with E-state index in [9.17, 15) is 4.79 Å². The Hall–Kier alpha value is -0.240. The molecule has 0 saturated heterocycles. The highest BCUT2D eigenvalue weighted by Crippen LogP contribution is 2.11. The van der Waals surface area contributed by atoms with Gasteiger partial charge in [-0.1, -0.05) is 33.1 Å². The molecule has 0 aliphatic rings. The molecule has 0 unspecified atom stereocenters. The minimum atomic E-state index is 0.0787. The highest BCUT2D eigenvalue weighted by atomic mass is 35.5. The molecular weight excluding hydrogens is 198 g/mol. The molecule has 0 aliphatic heterocycles. The van der Waals surface area contributed by atoms with E-state index in [0.717, 1.165) is 13.0 Å². The Kier molecular flexibility index (Phi) is 9.16. The fourth-order valence-corrected chi connectivity index (χ4v) is 1.55. The number of alkyl halides is 1. The van der Waals surface area contributed by atoms with Gasteiger partial charge in [0.25, 0.3) is 0 Å². The Morgan fingerprint density at radius 1 is 1.43 bits per heavy atom. The van der Waals surface area contributed by atoms with Crippen molar-refractivity contribution >= 4 is 17.5 Å². The first-order valence-electron chi connectivity index (χ1n) is 5.57. The Bertz CT molecular complexity index is 150. The lowest BCUT2D eigenvalue weighted by Crippen LogP contribution is -2.29. The molecule has 2 nitrogen and oxygen atoms in total. The zero-order valence-corrected chi connectivity index (χ0v) is 10.1. The van der Waals surface area contributed by atoms with Crippen LogP contribution in [0.15, 0.2) is 0 Å². The summed E-state index contributed by atoms with van der Waals surface area (Å²) in [6, 6.07) is 0. The SMILES string of the molecule is CCCC[C@H](CC)CNC(=O)CCCl. The zero-order chi connectivity index (χ0) is 10.8. The second kappa shape index (κ2) is 9.32. The first kappa shape index (κ1) is 13.8. The molecule has 0 fully saturated rings. The fraction of sp³-hybridized carbons (Fsp3) is 0.909. The monoisotopic (exact) mass is 219 g/mol. The third-order valence-electron chi connectivity index (χ3n) is 2.45. The molecule has 1 atom stereocenters. The highest BCUT2D eigenvalue weighted by molar-refractivity contribution is 6.18. The third kappa shape index (κ3) is 7.19. The Morgan fingerprint density at radius 2 is 2.14 bits per heavy atom. The molecule has 0 heterocycles. The van der Waals surface area contributed by atoms with Crippen LogP contribution in [-0.2, 0) is 4.79 Å². The summed E-state index contributed by atoms with van der Waals surface area (Å²) >= 11 is 5.47. The maximum Gasteiger partial charge on any atom is 0.221 e. The van der Waals surface area contributed by atoms with Crippen LogP contribution in [0, 0.1) is 5.92 Å². The zero-order valence-electron chi connectivity index (χ0n) is 9.31. The molecule has 84 valence electrons. The molecule has 1 N–H and O–H groups in total. The summed E-state index contributed by atoms with van der Waals surface area (Å²) in [5, 5.41) is 2.92. The summed E-state index contributed by atoms with van der Waals surface area (Å²) in [7, 11) is 0. The summed E-state index contributed by atoms with van der Waals surface area (Å²) in [6.07, 6.45) is 5.27. The molecule has 0 aromatic heterocycles. The van der Waals surface area contributed by atoms with Gasteiger partial charge in [0.15, 0.2) is 0 Å². The minimum Gasteiger partial charge on any atom is -0.356 e. The van der Waals surface area contributed by atoms with Crippen LogP contribution in [0.5, 0.6) is 0 Å². The van der Waals surface area contributed by atoms with Crippen LogP contribution in [-0.4, -0.2) is 18.3 Å². The Labute approximate surface area is 92.4 Å². The number of halogens is 1. The molecule has 0 saturated carbocycles. The van der Waals surface area contributed by atoms with Crippen LogP contribution in [0.25, 0.3) is 0 Å². The molecule has 14 heavy (non-hydrogen) atoms. The normalized spacial score (nSPS) is 12.5. The van der Waals surface area contributed by atoms with Crippen molar-refractivity contribution < 1.29 is 4.79 Å². The van der Waals surface area contributed by atoms with E-state index in [1.807, 2.05) is 0 Å². The molecule has 0 aromatic rings. The smallest absolute Gasteiger partial charge is 0.221 e. The van der Waals surface area contributed by atoms with Crippen molar-refractivity contribution in [3.63, 3.8) is 0 Å². The van der Waals surface area contributed by atoms with Crippen LogP contribution in [0.1, 0.15) is 46.0 Å². The van der Waals surface area contributed by atoms with Gasteiger partial charge in [-0.05, 0) is 12.3 Å². The Balaban J connectivity index is 3.55. The van der Waals surface area contributed by atoms with Crippen molar-refractivity contribution in [1.29, 1.82) is 0 Å². The van der Waals surface area contributed by atoms with Gasteiger partial charge in [-0.15, -0.1) is 11.6 Å². The number of carbonyl (C=O) groups is 1. The van der Waals surface area contributed by atoms with Crippen molar-refractivity contribution in [3.8, 4) is 0 Å². The van der Waals surface area contributed by atoms with Crippen LogP contribution in [0.4, 0.5) is 0 Å². The van der Waals surface area contributed by atoms with Gasteiger partial charge in [-0.25, -0.2) is 0 Å². The van der Waals surface area contributed by atoms with E-state index in [0.29, 0.717) is 18.2 Å². The van der Waals surface area contributed by atoms with Gasteiger partial charge < -0.3 is 5.32 Å². The molecule has 0 radical (unpaired) electrons. The summed E-state index contributed by atoms with van der Waals surface area (Å²) in [6.45, 7) is 5.18. The molecule has 0 bridgehead atoms. The molecule has 0 rings (SSSR count). The van der Waals surface area contributed by atoms with Gasteiger partial charge in [0, 0.05) is 18.8 Å². The number of hydrogen-bond donors (Lipinski definition) is 1. The highest BCUT2D eigenvalue weighted by Gasteiger charge is 2.07. The molecular formula is C11H22ClNO. The van der Waals surface area contributed by atoms with Crippen LogP contribution in [0.2, 0.25) is 0 Å². The number of nitrogens with one attached hydrogen (secondary N) is 1. The topological polar surface area (TPSA) is 29.1 Å². The van der Waals surface area contributed by atoms with Gasteiger partial charge in [0.05, 0.1) is 0 Å². The number of rotatable bonds is 8. The maximum absolute atomic E-state index is 11.1. The summed E-state index contributed by atoms with van der Waals surface area (Å²) < 4.78 is 0. The quantitative estimate of drug-likeness (QED) is 0.625. The largest absolute Gasteiger partial charge is 0.356 e. The van der Waals surface area contributed by atoms with E-state index >= 15 is 0 Å². The van der Waals surface area contributed by atoms with Crippen LogP contribution in [0.3, 0.4) is 0 Å². The Morgan fingerprint density at radius 3 is 2.64 bits per heavy atom. The van der Waals surface area contributed by atoms with Crippen molar-refractivity contribution in [2.24, 2.45) is 5.92 Å². The standard InChI is InChI=1S/C11H22ClNO/c1-3-5-6-10(4-2)9-13-11(14)7-8-12/h10H,3-9H2,1-2H3,(H,13,14)/t10-/m0/s1. The van der Waals surface area contributed by atoms with E-state index in [2.05, 4.69) is 19.2 Å². The van der Waals surface area contributed by atoms with E-state index in [1.165, 1.54) is 19.3 Å².